The number of nitrogens with one attached hydrogen (secondary N) is 1. The summed E-state index contributed by atoms with van der Waals surface area (Å²) in [7, 11) is 0. The first-order valence-corrected chi connectivity index (χ1v) is 10.4. The van der Waals surface area contributed by atoms with E-state index >= 15 is 0 Å². The Balaban J connectivity index is 2.10. The number of amides is 1. The molecule has 6 nitrogen and oxygen atoms in total. The Hall–Kier alpha value is -3.82. The van der Waals surface area contributed by atoms with Crippen molar-refractivity contribution in [3.05, 3.63) is 87.7 Å². The molecular weight excluding hydrogens is 426 g/mol. The zero-order chi connectivity index (χ0) is 23.3. The van der Waals surface area contributed by atoms with Gasteiger partial charge in [-0.15, -0.1) is 0 Å². The Labute approximate surface area is 191 Å². The first kappa shape index (κ1) is 22.9. The molecule has 0 spiro atoms. The number of benzene rings is 2. The molecule has 0 aliphatic rings. The number of hydrogen-bond acceptors (Lipinski definition) is 4. The van der Waals surface area contributed by atoms with E-state index in [1.807, 2.05) is 54.8 Å². The summed E-state index contributed by atoms with van der Waals surface area (Å²) in [5, 5.41) is 12.9. The number of rotatable bonds is 6. The number of ether oxygens (including phenoxy) is 1. The molecule has 0 fully saturated rings. The molecule has 3 aromatic rings. The summed E-state index contributed by atoms with van der Waals surface area (Å²) in [5.74, 6) is -1.10. The molecule has 2 aromatic carbocycles. The van der Waals surface area contributed by atoms with Gasteiger partial charge in [-0.25, -0.2) is 4.79 Å². The van der Waals surface area contributed by atoms with Crippen LogP contribution in [0.3, 0.4) is 0 Å². The predicted octanol–water partition coefficient (Wildman–Crippen LogP) is 5.47. The fourth-order valence-corrected chi connectivity index (χ4v) is 3.61. The fraction of sp³-hybridized carbons (Fsp3) is 0.160. The molecule has 0 aliphatic carbocycles. The third-order valence-corrected chi connectivity index (χ3v) is 5.19. The summed E-state index contributed by atoms with van der Waals surface area (Å²) in [6, 6.07) is 18.0. The number of nitrogens with zero attached hydrogens (tertiary/aromatic N) is 2. The maximum atomic E-state index is 12.8. The van der Waals surface area contributed by atoms with Crippen LogP contribution in [0.25, 0.3) is 11.8 Å². The van der Waals surface area contributed by atoms with Gasteiger partial charge in [0.15, 0.2) is 0 Å². The number of carbonyl (C=O) groups is 2. The standard InChI is InChI=1S/C25H22ClN3O3/c1-4-32-25(31)23-17(3)29(21-8-6-5-7-9-21)16(2)22(23)14-18(15-27)24(30)28-20-12-10-19(26)11-13-20/h5-14H,4H2,1-3H3,(H,28,30)/b18-14+. The zero-order valence-electron chi connectivity index (χ0n) is 18.0. The molecule has 0 unspecified atom stereocenters. The summed E-state index contributed by atoms with van der Waals surface area (Å²) < 4.78 is 7.17. The molecule has 0 bridgehead atoms. The highest BCUT2D eigenvalue weighted by atomic mass is 35.5. The number of anilines is 1. The minimum atomic E-state index is -0.589. The Morgan fingerprint density at radius 1 is 1.09 bits per heavy atom. The van der Waals surface area contributed by atoms with Gasteiger partial charge in [0.2, 0.25) is 0 Å². The van der Waals surface area contributed by atoms with Crippen LogP contribution in [-0.2, 0) is 9.53 Å². The molecule has 0 atom stereocenters. The Morgan fingerprint density at radius 3 is 2.34 bits per heavy atom. The number of carbonyl (C=O) groups excluding carboxylic acids is 2. The van der Waals surface area contributed by atoms with Crippen LogP contribution in [0.2, 0.25) is 5.02 Å². The predicted molar refractivity (Wildman–Crippen MR) is 125 cm³/mol. The van der Waals surface area contributed by atoms with Crippen molar-refractivity contribution in [3.8, 4) is 11.8 Å². The van der Waals surface area contributed by atoms with Gasteiger partial charge in [0, 0.05) is 33.3 Å². The molecule has 1 amide bonds. The molecule has 0 saturated heterocycles. The van der Waals surface area contributed by atoms with Gasteiger partial charge in [-0.05, 0) is 63.2 Å². The van der Waals surface area contributed by atoms with Crippen molar-refractivity contribution >= 4 is 35.2 Å². The van der Waals surface area contributed by atoms with Gasteiger partial charge in [-0.1, -0.05) is 29.8 Å². The Bertz CT molecular complexity index is 1220. The van der Waals surface area contributed by atoms with Crippen molar-refractivity contribution < 1.29 is 14.3 Å². The topological polar surface area (TPSA) is 84.1 Å². The molecule has 0 radical (unpaired) electrons. The summed E-state index contributed by atoms with van der Waals surface area (Å²) in [6.45, 7) is 5.58. The van der Waals surface area contributed by atoms with Gasteiger partial charge in [-0.3, -0.25) is 4.79 Å². The van der Waals surface area contributed by atoms with Crippen LogP contribution >= 0.6 is 11.6 Å². The van der Waals surface area contributed by atoms with Crippen LogP contribution < -0.4 is 5.32 Å². The van der Waals surface area contributed by atoms with E-state index in [0.29, 0.717) is 33.2 Å². The second-order valence-corrected chi connectivity index (χ2v) is 7.42. The largest absolute Gasteiger partial charge is 0.462 e. The minimum absolute atomic E-state index is 0.140. The van der Waals surface area contributed by atoms with E-state index in [1.165, 1.54) is 6.08 Å². The van der Waals surface area contributed by atoms with Crippen LogP contribution in [0.15, 0.2) is 60.2 Å². The second kappa shape index (κ2) is 9.99. The molecule has 7 heteroatoms. The average molecular weight is 448 g/mol. The molecular formula is C25H22ClN3O3. The number of esters is 1. The first-order valence-electron chi connectivity index (χ1n) is 10.0. The normalized spacial score (nSPS) is 11.0. The lowest BCUT2D eigenvalue weighted by Gasteiger charge is -2.09. The monoisotopic (exact) mass is 447 g/mol. The molecule has 1 heterocycles. The van der Waals surface area contributed by atoms with Crippen LogP contribution in [0.1, 0.15) is 34.2 Å². The molecule has 162 valence electrons. The number of halogens is 1. The Morgan fingerprint density at radius 2 is 1.75 bits per heavy atom. The smallest absolute Gasteiger partial charge is 0.340 e. The summed E-state index contributed by atoms with van der Waals surface area (Å²) in [6.07, 6.45) is 1.43. The van der Waals surface area contributed by atoms with Crippen molar-refractivity contribution in [2.75, 3.05) is 11.9 Å². The fourth-order valence-electron chi connectivity index (χ4n) is 3.49. The van der Waals surface area contributed by atoms with Crippen molar-refractivity contribution in [2.45, 2.75) is 20.8 Å². The van der Waals surface area contributed by atoms with Gasteiger partial charge in [0.1, 0.15) is 11.6 Å². The van der Waals surface area contributed by atoms with Gasteiger partial charge >= 0.3 is 5.97 Å². The highest BCUT2D eigenvalue weighted by Gasteiger charge is 2.25. The number of aromatic nitrogens is 1. The van der Waals surface area contributed by atoms with E-state index in [-0.39, 0.29) is 12.2 Å². The zero-order valence-corrected chi connectivity index (χ0v) is 18.7. The summed E-state index contributed by atoms with van der Waals surface area (Å²) in [4.78, 5) is 25.5. The lowest BCUT2D eigenvalue weighted by molar-refractivity contribution is -0.112. The SMILES string of the molecule is CCOC(=O)c1c(/C=C(\C#N)C(=O)Nc2ccc(Cl)cc2)c(C)n(-c2ccccc2)c1C. The van der Waals surface area contributed by atoms with Crippen molar-refractivity contribution in [2.24, 2.45) is 0 Å². The molecule has 1 aromatic heterocycles. The van der Waals surface area contributed by atoms with Crippen LogP contribution in [-0.4, -0.2) is 23.1 Å². The third kappa shape index (κ3) is 4.74. The molecule has 0 saturated carbocycles. The maximum absolute atomic E-state index is 12.8. The average Bonchev–Trinajstić information content (AvgIpc) is 3.03. The van der Waals surface area contributed by atoms with Crippen molar-refractivity contribution in [3.63, 3.8) is 0 Å². The molecule has 1 N–H and O–H groups in total. The van der Waals surface area contributed by atoms with Gasteiger partial charge in [-0.2, -0.15) is 5.26 Å². The van der Waals surface area contributed by atoms with Crippen molar-refractivity contribution in [1.29, 1.82) is 5.26 Å². The number of para-hydroxylation sites is 1. The second-order valence-electron chi connectivity index (χ2n) is 6.98. The van der Waals surface area contributed by atoms with E-state index in [0.717, 1.165) is 5.69 Å². The van der Waals surface area contributed by atoms with E-state index in [2.05, 4.69) is 5.32 Å². The molecule has 32 heavy (non-hydrogen) atoms. The number of nitriles is 1. The van der Waals surface area contributed by atoms with E-state index < -0.39 is 11.9 Å². The van der Waals surface area contributed by atoms with E-state index in [4.69, 9.17) is 16.3 Å². The van der Waals surface area contributed by atoms with Gasteiger partial charge in [0.05, 0.1) is 12.2 Å². The van der Waals surface area contributed by atoms with Crippen LogP contribution in [0, 0.1) is 25.2 Å². The first-order chi connectivity index (χ1) is 15.4. The lowest BCUT2D eigenvalue weighted by atomic mass is 10.1. The van der Waals surface area contributed by atoms with Crippen LogP contribution in [0.4, 0.5) is 5.69 Å². The Kier molecular flexibility index (Phi) is 7.14. The lowest BCUT2D eigenvalue weighted by Crippen LogP contribution is -2.14. The highest BCUT2D eigenvalue weighted by molar-refractivity contribution is 6.30. The van der Waals surface area contributed by atoms with Gasteiger partial charge < -0.3 is 14.6 Å². The van der Waals surface area contributed by atoms with Crippen LogP contribution in [0.5, 0.6) is 0 Å². The van der Waals surface area contributed by atoms with E-state index in [1.54, 1.807) is 31.2 Å². The number of hydrogen-bond donors (Lipinski definition) is 1. The van der Waals surface area contributed by atoms with Crippen molar-refractivity contribution in [1.82, 2.24) is 4.57 Å². The van der Waals surface area contributed by atoms with E-state index in [9.17, 15) is 14.9 Å². The minimum Gasteiger partial charge on any atom is -0.462 e. The quantitative estimate of drug-likeness (QED) is 0.308. The molecule has 0 aliphatic heterocycles. The third-order valence-electron chi connectivity index (χ3n) is 4.94. The molecule has 3 rings (SSSR count). The summed E-state index contributed by atoms with van der Waals surface area (Å²) >= 11 is 5.88. The summed E-state index contributed by atoms with van der Waals surface area (Å²) in [5.41, 5.74) is 3.38. The highest BCUT2D eigenvalue weighted by Crippen LogP contribution is 2.29. The van der Waals surface area contributed by atoms with Gasteiger partial charge in [0.25, 0.3) is 5.91 Å². The maximum Gasteiger partial charge on any atom is 0.340 e.